The Kier molecular flexibility index (Phi) is 4.52. The van der Waals surface area contributed by atoms with Crippen LogP contribution in [0.2, 0.25) is 0 Å². The van der Waals surface area contributed by atoms with Crippen LogP contribution in [0.15, 0.2) is 42.5 Å². The Hall–Kier alpha value is -2.60. The van der Waals surface area contributed by atoms with E-state index in [2.05, 4.69) is 32.7 Å². The molecule has 1 amide bonds. The van der Waals surface area contributed by atoms with Gasteiger partial charge in [-0.25, -0.2) is 4.98 Å². The van der Waals surface area contributed by atoms with Gasteiger partial charge in [-0.1, -0.05) is 6.07 Å². The fourth-order valence-electron chi connectivity index (χ4n) is 2.84. The lowest BCUT2D eigenvalue weighted by Crippen LogP contribution is -2.36. The van der Waals surface area contributed by atoms with Crippen molar-refractivity contribution < 1.29 is 9.53 Å². The molecule has 2 fully saturated rings. The third-order valence-electron chi connectivity index (χ3n) is 4.41. The summed E-state index contributed by atoms with van der Waals surface area (Å²) in [6.07, 6.45) is 2.14. The standard InChI is InChI=1S/C19H22N4O2/c24-19(21-15-4-5-15)17-2-1-3-18(22-17)20-14-6-8-16(9-7-14)23-10-12-25-13-11-23/h1-3,6-9,15H,4-5,10-13H2,(H,20,22)(H,21,24). The first kappa shape index (κ1) is 15.9. The van der Waals surface area contributed by atoms with Gasteiger partial charge in [0.15, 0.2) is 0 Å². The molecule has 1 saturated carbocycles. The zero-order chi connectivity index (χ0) is 17.1. The molecule has 130 valence electrons. The number of hydrogen-bond donors (Lipinski definition) is 2. The summed E-state index contributed by atoms with van der Waals surface area (Å²) in [5, 5.41) is 6.22. The van der Waals surface area contributed by atoms with Crippen molar-refractivity contribution >= 4 is 23.1 Å². The van der Waals surface area contributed by atoms with Gasteiger partial charge in [0, 0.05) is 30.5 Å². The van der Waals surface area contributed by atoms with Crippen molar-refractivity contribution in [2.45, 2.75) is 18.9 Å². The number of aromatic nitrogens is 1. The molecule has 0 unspecified atom stereocenters. The lowest BCUT2D eigenvalue weighted by molar-refractivity contribution is 0.0946. The summed E-state index contributed by atoms with van der Waals surface area (Å²) < 4.78 is 5.39. The largest absolute Gasteiger partial charge is 0.378 e. The van der Waals surface area contributed by atoms with Crippen LogP contribution in [-0.2, 0) is 4.74 Å². The van der Waals surface area contributed by atoms with Gasteiger partial charge in [-0.3, -0.25) is 4.79 Å². The molecule has 0 bridgehead atoms. The van der Waals surface area contributed by atoms with E-state index in [-0.39, 0.29) is 5.91 Å². The molecule has 25 heavy (non-hydrogen) atoms. The van der Waals surface area contributed by atoms with Crippen LogP contribution < -0.4 is 15.5 Å². The SMILES string of the molecule is O=C(NC1CC1)c1cccc(Nc2ccc(N3CCOCC3)cc2)n1. The van der Waals surface area contributed by atoms with Crippen molar-refractivity contribution in [2.75, 3.05) is 36.5 Å². The number of nitrogens with zero attached hydrogens (tertiary/aromatic N) is 2. The number of hydrogen-bond acceptors (Lipinski definition) is 5. The van der Waals surface area contributed by atoms with E-state index in [9.17, 15) is 4.79 Å². The molecule has 0 spiro atoms. The van der Waals surface area contributed by atoms with E-state index in [4.69, 9.17) is 4.74 Å². The van der Waals surface area contributed by atoms with E-state index < -0.39 is 0 Å². The topological polar surface area (TPSA) is 66.5 Å². The number of nitrogens with one attached hydrogen (secondary N) is 2. The normalized spacial score (nSPS) is 17.2. The van der Waals surface area contributed by atoms with Crippen molar-refractivity contribution in [3.63, 3.8) is 0 Å². The first-order chi connectivity index (χ1) is 12.3. The van der Waals surface area contributed by atoms with Gasteiger partial charge in [0.2, 0.25) is 0 Å². The summed E-state index contributed by atoms with van der Waals surface area (Å²) in [6, 6.07) is 14.0. The van der Waals surface area contributed by atoms with Crippen molar-refractivity contribution in [1.82, 2.24) is 10.3 Å². The van der Waals surface area contributed by atoms with Crippen LogP contribution in [0.1, 0.15) is 23.3 Å². The van der Waals surface area contributed by atoms with Crippen molar-refractivity contribution in [3.8, 4) is 0 Å². The van der Waals surface area contributed by atoms with E-state index in [1.54, 1.807) is 6.07 Å². The van der Waals surface area contributed by atoms with Gasteiger partial charge in [-0.2, -0.15) is 0 Å². The van der Waals surface area contributed by atoms with E-state index >= 15 is 0 Å². The number of benzene rings is 1. The second-order valence-corrected chi connectivity index (χ2v) is 6.43. The highest BCUT2D eigenvalue weighted by atomic mass is 16.5. The molecular formula is C19H22N4O2. The molecule has 0 radical (unpaired) electrons. The van der Waals surface area contributed by atoms with Gasteiger partial charge < -0.3 is 20.3 Å². The summed E-state index contributed by atoms with van der Waals surface area (Å²) in [6.45, 7) is 3.40. The molecule has 1 saturated heterocycles. The van der Waals surface area contributed by atoms with Crippen LogP contribution in [-0.4, -0.2) is 43.2 Å². The number of morpholine rings is 1. The first-order valence-electron chi connectivity index (χ1n) is 8.76. The minimum absolute atomic E-state index is 0.103. The lowest BCUT2D eigenvalue weighted by atomic mass is 10.2. The zero-order valence-electron chi connectivity index (χ0n) is 14.1. The lowest BCUT2D eigenvalue weighted by Gasteiger charge is -2.28. The Morgan fingerprint density at radius 1 is 1.08 bits per heavy atom. The number of ether oxygens (including phenoxy) is 1. The quantitative estimate of drug-likeness (QED) is 0.877. The number of anilines is 3. The number of amides is 1. The van der Waals surface area contributed by atoms with Crippen molar-refractivity contribution in [3.05, 3.63) is 48.2 Å². The van der Waals surface area contributed by atoms with Crippen LogP contribution in [0.4, 0.5) is 17.2 Å². The third-order valence-corrected chi connectivity index (χ3v) is 4.41. The molecule has 6 nitrogen and oxygen atoms in total. The number of carbonyl (C=O) groups excluding carboxylic acids is 1. The molecule has 0 atom stereocenters. The Balaban J connectivity index is 1.41. The van der Waals surface area contributed by atoms with Crippen LogP contribution in [0.5, 0.6) is 0 Å². The van der Waals surface area contributed by atoms with Crippen LogP contribution >= 0.6 is 0 Å². The summed E-state index contributed by atoms with van der Waals surface area (Å²) in [4.78, 5) is 18.8. The van der Waals surface area contributed by atoms with Crippen molar-refractivity contribution in [1.29, 1.82) is 0 Å². The fourth-order valence-corrected chi connectivity index (χ4v) is 2.84. The second kappa shape index (κ2) is 7.11. The first-order valence-corrected chi connectivity index (χ1v) is 8.76. The van der Waals surface area contributed by atoms with Gasteiger partial charge in [-0.15, -0.1) is 0 Å². The van der Waals surface area contributed by atoms with Gasteiger partial charge in [0.25, 0.3) is 5.91 Å². The molecule has 1 aromatic heterocycles. The highest BCUT2D eigenvalue weighted by Gasteiger charge is 2.24. The van der Waals surface area contributed by atoms with Gasteiger partial charge in [0.1, 0.15) is 11.5 Å². The molecule has 2 heterocycles. The molecule has 2 aromatic rings. The van der Waals surface area contributed by atoms with E-state index in [1.807, 2.05) is 24.3 Å². The molecule has 1 aromatic carbocycles. The molecule has 4 rings (SSSR count). The maximum Gasteiger partial charge on any atom is 0.270 e. The van der Waals surface area contributed by atoms with E-state index in [0.29, 0.717) is 17.6 Å². The smallest absolute Gasteiger partial charge is 0.270 e. The monoisotopic (exact) mass is 338 g/mol. The van der Waals surface area contributed by atoms with E-state index in [1.165, 1.54) is 5.69 Å². The molecule has 6 heteroatoms. The second-order valence-electron chi connectivity index (χ2n) is 6.43. The minimum Gasteiger partial charge on any atom is -0.378 e. The van der Waals surface area contributed by atoms with Gasteiger partial charge in [-0.05, 0) is 49.2 Å². The van der Waals surface area contributed by atoms with Gasteiger partial charge >= 0.3 is 0 Å². The number of rotatable bonds is 5. The summed E-state index contributed by atoms with van der Waals surface area (Å²) in [5.74, 6) is 0.566. The Labute approximate surface area is 147 Å². The average molecular weight is 338 g/mol. The summed E-state index contributed by atoms with van der Waals surface area (Å²) in [5.41, 5.74) is 2.59. The maximum atomic E-state index is 12.1. The Morgan fingerprint density at radius 3 is 2.56 bits per heavy atom. The van der Waals surface area contributed by atoms with Gasteiger partial charge in [0.05, 0.1) is 13.2 Å². The zero-order valence-corrected chi connectivity index (χ0v) is 14.1. The highest BCUT2D eigenvalue weighted by molar-refractivity contribution is 5.93. The molecule has 2 N–H and O–H groups in total. The van der Waals surface area contributed by atoms with E-state index in [0.717, 1.165) is 44.8 Å². The molecule has 1 aliphatic heterocycles. The Bertz CT molecular complexity index is 737. The maximum absolute atomic E-state index is 12.1. The number of pyridine rings is 1. The predicted octanol–water partition coefficient (Wildman–Crippen LogP) is 2.55. The number of carbonyl (C=O) groups is 1. The average Bonchev–Trinajstić information content (AvgIpc) is 3.47. The minimum atomic E-state index is -0.103. The molecule has 2 aliphatic rings. The van der Waals surface area contributed by atoms with Crippen molar-refractivity contribution in [2.24, 2.45) is 0 Å². The molecule has 1 aliphatic carbocycles. The predicted molar refractivity (Wildman–Crippen MR) is 97.5 cm³/mol. The Morgan fingerprint density at radius 2 is 1.84 bits per heavy atom. The van der Waals surface area contributed by atoms with Crippen LogP contribution in [0, 0.1) is 0 Å². The summed E-state index contributed by atoms with van der Waals surface area (Å²) in [7, 11) is 0. The van der Waals surface area contributed by atoms with Crippen LogP contribution in [0.3, 0.4) is 0 Å². The third kappa shape index (κ3) is 4.09. The van der Waals surface area contributed by atoms with Crippen LogP contribution in [0.25, 0.3) is 0 Å². The molecular weight excluding hydrogens is 316 g/mol. The fraction of sp³-hybridized carbons (Fsp3) is 0.368. The summed E-state index contributed by atoms with van der Waals surface area (Å²) >= 11 is 0. The highest BCUT2D eigenvalue weighted by Crippen LogP contribution is 2.22.